The summed E-state index contributed by atoms with van der Waals surface area (Å²) < 4.78 is 53.3. The normalized spacial score (nSPS) is 13.9. The van der Waals surface area contributed by atoms with Crippen LogP contribution in [0.3, 0.4) is 0 Å². The van der Waals surface area contributed by atoms with Crippen LogP contribution in [0, 0.1) is 23.3 Å². The lowest BCUT2D eigenvalue weighted by Crippen LogP contribution is -2.38. The second-order valence-electron chi connectivity index (χ2n) is 5.01. The molecule has 0 saturated carbocycles. The number of hydrogen-bond donors (Lipinski definition) is 0. The Labute approximate surface area is 128 Å². The highest BCUT2D eigenvalue weighted by atomic mass is 19.2. The summed E-state index contributed by atoms with van der Waals surface area (Å²) >= 11 is 0. The quantitative estimate of drug-likeness (QED) is 0.595. The number of nitrogens with zero attached hydrogens (tertiary/aromatic N) is 1. The molecular weight excluding hydrogens is 314 g/mol. The molecule has 3 rings (SSSR count). The monoisotopic (exact) mass is 323 g/mol. The molecule has 0 bridgehead atoms. The van der Waals surface area contributed by atoms with E-state index in [9.17, 15) is 27.2 Å². The highest BCUT2D eigenvalue weighted by Crippen LogP contribution is 2.30. The summed E-state index contributed by atoms with van der Waals surface area (Å²) in [6, 6.07) is 4.73. The van der Waals surface area contributed by atoms with Gasteiger partial charge in [-0.3, -0.25) is 9.59 Å². The molecule has 0 spiro atoms. The minimum absolute atomic E-state index is 0.00686. The second kappa shape index (κ2) is 5.49. The van der Waals surface area contributed by atoms with E-state index in [0.29, 0.717) is 6.07 Å². The van der Waals surface area contributed by atoms with Gasteiger partial charge in [0.1, 0.15) is 5.82 Å². The molecule has 1 heterocycles. The summed E-state index contributed by atoms with van der Waals surface area (Å²) in [5.41, 5.74) is -0.558. The van der Waals surface area contributed by atoms with Gasteiger partial charge in [0.15, 0.2) is 23.2 Å². The van der Waals surface area contributed by atoms with Crippen molar-refractivity contribution in [3.05, 3.63) is 64.7 Å². The highest BCUT2D eigenvalue weighted by molar-refractivity contribution is 6.13. The molecule has 3 nitrogen and oxygen atoms in total. The number of hydrogen-bond acceptors (Lipinski definition) is 2. The maximum Gasteiger partial charge on any atom is 0.261 e. The Balaban J connectivity index is 2.07. The standard InChI is InChI=1S/C16H9F4NO2/c17-8-1-4-12-10(7-8)13(22)5-6-21(12)16(23)9-2-3-11(18)15(20)14(9)19/h1-4,7H,5-6H2. The zero-order valence-corrected chi connectivity index (χ0v) is 11.6. The van der Waals surface area contributed by atoms with E-state index in [-0.39, 0.29) is 30.0 Å². The predicted molar refractivity (Wildman–Crippen MR) is 73.3 cm³/mol. The van der Waals surface area contributed by atoms with Gasteiger partial charge in [-0.2, -0.15) is 0 Å². The first-order chi connectivity index (χ1) is 10.9. The van der Waals surface area contributed by atoms with Gasteiger partial charge in [0.25, 0.3) is 5.91 Å². The van der Waals surface area contributed by atoms with E-state index in [1.165, 1.54) is 6.07 Å². The Morgan fingerprint density at radius 1 is 1.00 bits per heavy atom. The first kappa shape index (κ1) is 15.2. The lowest BCUT2D eigenvalue weighted by Gasteiger charge is -2.28. The van der Waals surface area contributed by atoms with E-state index in [0.717, 1.165) is 23.1 Å². The molecule has 0 fully saturated rings. The fourth-order valence-electron chi connectivity index (χ4n) is 2.48. The number of ketones is 1. The Morgan fingerprint density at radius 2 is 1.74 bits per heavy atom. The fourth-order valence-corrected chi connectivity index (χ4v) is 2.48. The number of carbonyl (C=O) groups excluding carboxylic acids is 2. The van der Waals surface area contributed by atoms with Crippen LogP contribution < -0.4 is 4.90 Å². The molecular formula is C16H9F4NO2. The molecule has 0 radical (unpaired) electrons. The van der Waals surface area contributed by atoms with Crippen LogP contribution in [0.4, 0.5) is 23.2 Å². The molecule has 23 heavy (non-hydrogen) atoms. The van der Waals surface area contributed by atoms with Gasteiger partial charge in [-0.1, -0.05) is 0 Å². The first-order valence-corrected chi connectivity index (χ1v) is 6.68. The molecule has 0 aliphatic carbocycles. The number of anilines is 1. The third-order valence-corrected chi connectivity index (χ3v) is 3.62. The number of benzene rings is 2. The number of halogens is 4. The SMILES string of the molecule is O=C1CCN(C(=O)c2ccc(F)c(F)c2F)c2ccc(F)cc21. The lowest BCUT2D eigenvalue weighted by atomic mass is 9.99. The predicted octanol–water partition coefficient (Wildman–Crippen LogP) is 3.48. The minimum atomic E-state index is -1.75. The van der Waals surface area contributed by atoms with Crippen molar-refractivity contribution >= 4 is 17.4 Å². The van der Waals surface area contributed by atoms with Crippen molar-refractivity contribution in [2.24, 2.45) is 0 Å². The van der Waals surface area contributed by atoms with Gasteiger partial charge in [0.2, 0.25) is 0 Å². The number of rotatable bonds is 1. The average molecular weight is 323 g/mol. The van der Waals surface area contributed by atoms with Crippen molar-refractivity contribution < 1.29 is 27.2 Å². The van der Waals surface area contributed by atoms with Crippen molar-refractivity contribution in [3.63, 3.8) is 0 Å². The number of Topliss-reactive ketones (excluding diaryl/α,β-unsaturated/α-hetero) is 1. The Morgan fingerprint density at radius 3 is 2.48 bits per heavy atom. The molecule has 0 N–H and O–H groups in total. The Kier molecular flexibility index (Phi) is 3.63. The van der Waals surface area contributed by atoms with E-state index in [1.807, 2.05) is 0 Å². The number of fused-ring (bicyclic) bond motifs is 1. The molecule has 1 aliphatic rings. The summed E-state index contributed by atoms with van der Waals surface area (Å²) in [5.74, 6) is -6.68. The molecule has 1 aliphatic heterocycles. The maximum atomic E-state index is 13.8. The summed E-state index contributed by atoms with van der Waals surface area (Å²) in [7, 11) is 0. The Hall–Kier alpha value is -2.70. The van der Waals surface area contributed by atoms with Crippen LogP contribution >= 0.6 is 0 Å². The topological polar surface area (TPSA) is 37.4 Å². The smallest absolute Gasteiger partial charge is 0.261 e. The summed E-state index contributed by atoms with van der Waals surface area (Å²) in [6.07, 6.45) is -0.0759. The molecule has 0 atom stereocenters. The molecule has 0 aromatic heterocycles. The second-order valence-corrected chi connectivity index (χ2v) is 5.01. The summed E-state index contributed by atoms with van der Waals surface area (Å²) in [5, 5.41) is 0. The lowest BCUT2D eigenvalue weighted by molar-refractivity contribution is 0.0952. The zero-order valence-electron chi connectivity index (χ0n) is 11.6. The average Bonchev–Trinajstić information content (AvgIpc) is 2.53. The molecule has 7 heteroatoms. The van der Waals surface area contributed by atoms with Crippen molar-refractivity contribution in [2.45, 2.75) is 6.42 Å². The van der Waals surface area contributed by atoms with Crippen molar-refractivity contribution in [1.29, 1.82) is 0 Å². The summed E-state index contributed by atoms with van der Waals surface area (Å²) in [4.78, 5) is 25.3. The van der Waals surface area contributed by atoms with Crippen molar-refractivity contribution in [2.75, 3.05) is 11.4 Å². The van der Waals surface area contributed by atoms with E-state index in [1.54, 1.807) is 0 Å². The van der Waals surface area contributed by atoms with Gasteiger partial charge in [0, 0.05) is 18.5 Å². The fraction of sp³-hybridized carbons (Fsp3) is 0.125. The Bertz CT molecular complexity index is 835. The van der Waals surface area contributed by atoms with Gasteiger partial charge in [-0.15, -0.1) is 0 Å². The van der Waals surface area contributed by atoms with Gasteiger partial charge < -0.3 is 4.90 Å². The molecule has 2 aromatic rings. The van der Waals surface area contributed by atoms with Crippen LogP contribution in [0.1, 0.15) is 27.1 Å². The maximum absolute atomic E-state index is 13.8. The van der Waals surface area contributed by atoms with Crippen LogP contribution in [-0.2, 0) is 0 Å². The van der Waals surface area contributed by atoms with E-state index < -0.39 is 34.7 Å². The largest absolute Gasteiger partial charge is 0.307 e. The van der Waals surface area contributed by atoms with Gasteiger partial charge in [-0.05, 0) is 30.3 Å². The van der Waals surface area contributed by atoms with Crippen molar-refractivity contribution in [3.8, 4) is 0 Å². The van der Waals surface area contributed by atoms with E-state index >= 15 is 0 Å². The highest BCUT2D eigenvalue weighted by Gasteiger charge is 2.30. The van der Waals surface area contributed by atoms with Gasteiger partial charge in [0.05, 0.1) is 11.3 Å². The van der Waals surface area contributed by atoms with Crippen molar-refractivity contribution in [1.82, 2.24) is 0 Å². The molecule has 118 valence electrons. The number of amides is 1. The van der Waals surface area contributed by atoms with E-state index in [4.69, 9.17) is 0 Å². The molecule has 1 amide bonds. The van der Waals surface area contributed by atoms with Gasteiger partial charge in [-0.25, -0.2) is 17.6 Å². The third-order valence-electron chi connectivity index (χ3n) is 3.62. The molecule has 0 saturated heterocycles. The van der Waals surface area contributed by atoms with Crippen LogP contribution in [0.2, 0.25) is 0 Å². The first-order valence-electron chi connectivity index (χ1n) is 6.68. The van der Waals surface area contributed by atoms with E-state index in [2.05, 4.69) is 0 Å². The minimum Gasteiger partial charge on any atom is -0.307 e. The zero-order chi connectivity index (χ0) is 16.7. The molecule has 0 unspecified atom stereocenters. The third kappa shape index (κ3) is 2.48. The van der Waals surface area contributed by atoms with Crippen LogP contribution in [0.25, 0.3) is 0 Å². The van der Waals surface area contributed by atoms with Crippen LogP contribution in [-0.4, -0.2) is 18.2 Å². The van der Waals surface area contributed by atoms with Crippen LogP contribution in [0.5, 0.6) is 0 Å². The van der Waals surface area contributed by atoms with Gasteiger partial charge >= 0.3 is 0 Å². The number of carbonyl (C=O) groups is 2. The van der Waals surface area contributed by atoms with Crippen LogP contribution in [0.15, 0.2) is 30.3 Å². The molecule has 2 aromatic carbocycles. The summed E-state index contributed by atoms with van der Waals surface area (Å²) in [6.45, 7) is -0.0608.